The van der Waals surface area contributed by atoms with Crippen LogP contribution in [-0.4, -0.2) is 55.6 Å². The average Bonchev–Trinajstić information content (AvgIpc) is 3.26. The zero-order valence-electron chi connectivity index (χ0n) is 17.8. The highest BCUT2D eigenvalue weighted by atomic mass is 16.5. The molecule has 2 N–H and O–H groups in total. The first-order valence-electron chi connectivity index (χ1n) is 10.4. The molecule has 0 unspecified atom stereocenters. The summed E-state index contributed by atoms with van der Waals surface area (Å²) in [7, 11) is 3.06. The zero-order chi connectivity index (χ0) is 21.8. The third-order valence-electron chi connectivity index (χ3n) is 5.95. The van der Waals surface area contributed by atoms with Gasteiger partial charge in [0.05, 0.1) is 20.8 Å². The van der Waals surface area contributed by atoms with Gasteiger partial charge in [-0.2, -0.15) is 0 Å². The smallest absolute Gasteiger partial charge is 0.251 e. The number of nitrogens with zero attached hydrogens (tertiary/aromatic N) is 1. The summed E-state index contributed by atoms with van der Waals surface area (Å²) in [5.41, 5.74) is 2.89. The number of rotatable bonds is 6. The number of hydrogen-bond acceptors (Lipinski definition) is 4. The van der Waals surface area contributed by atoms with Gasteiger partial charge in [0, 0.05) is 35.8 Å². The van der Waals surface area contributed by atoms with Gasteiger partial charge in [0.2, 0.25) is 5.91 Å². The van der Waals surface area contributed by atoms with Crippen LogP contribution in [0.15, 0.2) is 48.7 Å². The lowest BCUT2D eigenvalue weighted by Crippen LogP contribution is -2.43. The third kappa shape index (κ3) is 4.35. The van der Waals surface area contributed by atoms with Crippen molar-refractivity contribution in [2.24, 2.45) is 0 Å². The first-order valence-corrected chi connectivity index (χ1v) is 10.4. The van der Waals surface area contributed by atoms with E-state index in [1.54, 1.807) is 18.2 Å². The molecule has 1 aliphatic rings. The van der Waals surface area contributed by atoms with Crippen molar-refractivity contribution in [3.05, 3.63) is 59.8 Å². The van der Waals surface area contributed by atoms with E-state index < -0.39 is 0 Å². The van der Waals surface area contributed by atoms with E-state index in [4.69, 9.17) is 9.47 Å². The number of nitrogens with one attached hydrogen (secondary N) is 2. The quantitative estimate of drug-likeness (QED) is 0.640. The van der Waals surface area contributed by atoms with Crippen LogP contribution in [0.25, 0.3) is 10.9 Å². The largest absolute Gasteiger partial charge is 0.493 e. The van der Waals surface area contributed by atoms with E-state index >= 15 is 0 Å². The minimum atomic E-state index is -0.317. The fourth-order valence-electron chi connectivity index (χ4n) is 4.22. The molecule has 0 spiro atoms. The lowest BCUT2D eigenvalue weighted by Gasteiger charge is -2.32. The topological polar surface area (TPSA) is 83.7 Å². The Bertz CT molecular complexity index is 1080. The molecule has 0 bridgehead atoms. The summed E-state index contributed by atoms with van der Waals surface area (Å²) >= 11 is 0. The van der Waals surface area contributed by atoms with Gasteiger partial charge in [-0.3, -0.25) is 9.59 Å². The first kappa shape index (κ1) is 20.8. The average molecular weight is 421 g/mol. The molecule has 2 amide bonds. The van der Waals surface area contributed by atoms with Gasteiger partial charge in [-0.25, -0.2) is 0 Å². The standard InChI is InChI=1S/C24H27N3O4/c1-30-21-8-7-17(13-22(21)31-2)24(29)26-15-23(28)27-11-9-16(10-12-27)19-14-25-20-6-4-3-5-18(19)20/h3-8,13-14,16,25H,9-12,15H2,1-2H3,(H,26,29). The van der Waals surface area contributed by atoms with Crippen molar-refractivity contribution >= 4 is 22.7 Å². The summed E-state index contributed by atoms with van der Waals surface area (Å²) in [6, 6.07) is 13.2. The zero-order valence-corrected chi connectivity index (χ0v) is 17.8. The van der Waals surface area contributed by atoms with Gasteiger partial charge in [0.1, 0.15) is 0 Å². The molecule has 2 aromatic carbocycles. The summed E-state index contributed by atoms with van der Waals surface area (Å²) in [5, 5.41) is 3.98. The van der Waals surface area contributed by atoms with E-state index in [0.29, 0.717) is 36.1 Å². The molecule has 0 radical (unpaired) electrons. The molecule has 31 heavy (non-hydrogen) atoms. The predicted octanol–water partition coefficient (Wildman–Crippen LogP) is 3.32. The lowest BCUT2D eigenvalue weighted by atomic mass is 9.89. The number of likely N-dealkylation sites (tertiary alicyclic amines) is 1. The molecule has 0 aliphatic carbocycles. The van der Waals surface area contributed by atoms with E-state index in [2.05, 4.69) is 34.7 Å². The summed E-state index contributed by atoms with van der Waals surface area (Å²) in [6.45, 7) is 1.36. The number of H-pyrrole nitrogens is 1. The van der Waals surface area contributed by atoms with Gasteiger partial charge < -0.3 is 24.7 Å². The first-order chi connectivity index (χ1) is 15.1. The number of amides is 2. The Labute approximate surface area is 181 Å². The lowest BCUT2D eigenvalue weighted by molar-refractivity contribution is -0.131. The second kappa shape index (κ2) is 9.12. The van der Waals surface area contributed by atoms with Crippen molar-refractivity contribution in [2.75, 3.05) is 33.9 Å². The van der Waals surface area contributed by atoms with Crippen LogP contribution in [0.3, 0.4) is 0 Å². The Morgan fingerprint density at radius 1 is 1.06 bits per heavy atom. The van der Waals surface area contributed by atoms with E-state index in [1.165, 1.54) is 25.2 Å². The molecule has 2 heterocycles. The van der Waals surface area contributed by atoms with E-state index in [1.807, 2.05) is 11.0 Å². The molecule has 7 heteroatoms. The second-order valence-corrected chi connectivity index (χ2v) is 7.70. The van der Waals surface area contributed by atoms with Gasteiger partial charge in [0.15, 0.2) is 11.5 Å². The van der Waals surface area contributed by atoms with Crippen molar-refractivity contribution in [1.29, 1.82) is 0 Å². The van der Waals surface area contributed by atoms with Gasteiger partial charge in [0.25, 0.3) is 5.91 Å². The maximum absolute atomic E-state index is 12.6. The number of methoxy groups -OCH3 is 2. The highest BCUT2D eigenvalue weighted by molar-refractivity contribution is 5.97. The fourth-order valence-corrected chi connectivity index (χ4v) is 4.22. The Morgan fingerprint density at radius 2 is 1.81 bits per heavy atom. The Kier molecular flexibility index (Phi) is 6.11. The van der Waals surface area contributed by atoms with Crippen molar-refractivity contribution in [3.63, 3.8) is 0 Å². The van der Waals surface area contributed by atoms with Crippen LogP contribution in [-0.2, 0) is 4.79 Å². The normalized spacial score (nSPS) is 14.5. The van der Waals surface area contributed by atoms with Crippen molar-refractivity contribution in [1.82, 2.24) is 15.2 Å². The minimum Gasteiger partial charge on any atom is -0.493 e. The van der Waals surface area contributed by atoms with Crippen LogP contribution in [0, 0.1) is 0 Å². The molecular formula is C24H27N3O4. The van der Waals surface area contributed by atoms with Crippen LogP contribution < -0.4 is 14.8 Å². The number of carbonyl (C=O) groups is 2. The molecule has 1 aliphatic heterocycles. The van der Waals surface area contributed by atoms with Crippen LogP contribution in [0.4, 0.5) is 0 Å². The summed E-state index contributed by atoms with van der Waals surface area (Å²) in [6.07, 6.45) is 3.92. The van der Waals surface area contributed by atoms with Crippen molar-refractivity contribution in [3.8, 4) is 11.5 Å². The maximum Gasteiger partial charge on any atom is 0.251 e. The molecule has 1 fully saturated rings. The van der Waals surface area contributed by atoms with Gasteiger partial charge in [-0.15, -0.1) is 0 Å². The molecule has 162 valence electrons. The summed E-state index contributed by atoms with van der Waals surface area (Å²) in [4.78, 5) is 30.2. The number of aromatic amines is 1. The number of benzene rings is 2. The number of para-hydroxylation sites is 1. The second-order valence-electron chi connectivity index (χ2n) is 7.70. The molecule has 0 saturated carbocycles. The van der Waals surface area contributed by atoms with E-state index in [-0.39, 0.29) is 18.4 Å². The van der Waals surface area contributed by atoms with Crippen LogP contribution in [0.5, 0.6) is 11.5 Å². The number of fused-ring (bicyclic) bond motifs is 1. The molecule has 7 nitrogen and oxygen atoms in total. The Hall–Kier alpha value is -3.48. The van der Waals surface area contributed by atoms with E-state index in [9.17, 15) is 9.59 Å². The van der Waals surface area contributed by atoms with Crippen LogP contribution >= 0.6 is 0 Å². The number of aromatic nitrogens is 1. The predicted molar refractivity (Wildman–Crippen MR) is 119 cm³/mol. The van der Waals surface area contributed by atoms with Crippen LogP contribution in [0.1, 0.15) is 34.7 Å². The Balaban J connectivity index is 1.31. The van der Waals surface area contributed by atoms with E-state index in [0.717, 1.165) is 18.4 Å². The molecular weight excluding hydrogens is 394 g/mol. The molecule has 4 rings (SSSR count). The number of ether oxygens (including phenoxy) is 2. The van der Waals surface area contributed by atoms with Crippen LogP contribution in [0.2, 0.25) is 0 Å². The molecule has 1 aromatic heterocycles. The van der Waals surface area contributed by atoms with Gasteiger partial charge >= 0.3 is 0 Å². The Morgan fingerprint density at radius 3 is 2.55 bits per heavy atom. The molecule has 3 aromatic rings. The van der Waals surface area contributed by atoms with Crippen molar-refractivity contribution in [2.45, 2.75) is 18.8 Å². The van der Waals surface area contributed by atoms with Gasteiger partial charge in [-0.05, 0) is 48.6 Å². The highest BCUT2D eigenvalue weighted by Gasteiger charge is 2.25. The number of carbonyl (C=O) groups excluding carboxylic acids is 2. The molecule has 1 saturated heterocycles. The molecule has 0 atom stereocenters. The van der Waals surface area contributed by atoms with Crippen molar-refractivity contribution < 1.29 is 19.1 Å². The summed E-state index contributed by atoms with van der Waals surface area (Å²) in [5.74, 6) is 1.07. The monoisotopic (exact) mass is 421 g/mol. The minimum absolute atomic E-state index is 0.0229. The number of piperidine rings is 1. The van der Waals surface area contributed by atoms with Gasteiger partial charge in [-0.1, -0.05) is 18.2 Å². The summed E-state index contributed by atoms with van der Waals surface area (Å²) < 4.78 is 10.4. The maximum atomic E-state index is 12.6. The number of hydrogen-bond donors (Lipinski definition) is 2. The highest BCUT2D eigenvalue weighted by Crippen LogP contribution is 2.33. The third-order valence-corrected chi connectivity index (χ3v) is 5.95. The fraction of sp³-hybridized carbons (Fsp3) is 0.333. The SMILES string of the molecule is COc1ccc(C(=O)NCC(=O)N2CCC(c3c[nH]c4ccccc34)CC2)cc1OC.